The molecule has 0 N–H and O–H groups in total. The summed E-state index contributed by atoms with van der Waals surface area (Å²) in [7, 11) is 0. The highest BCUT2D eigenvalue weighted by atomic mass is 16.1. The number of rotatable bonds is 0. The largest absolute Gasteiger partial charge is 0.300 e. The molecular formula is C12H16O. The molecule has 0 heterocycles. The summed E-state index contributed by atoms with van der Waals surface area (Å²) in [5.74, 6) is 2.01. The Balaban J connectivity index is 1.93. The summed E-state index contributed by atoms with van der Waals surface area (Å²) in [5, 5.41) is 0. The van der Waals surface area contributed by atoms with Crippen molar-refractivity contribution in [2.45, 2.75) is 38.5 Å². The van der Waals surface area contributed by atoms with Crippen molar-refractivity contribution in [2.75, 3.05) is 0 Å². The van der Waals surface area contributed by atoms with Crippen molar-refractivity contribution >= 4 is 5.78 Å². The summed E-state index contributed by atoms with van der Waals surface area (Å²) >= 11 is 0. The van der Waals surface area contributed by atoms with Crippen molar-refractivity contribution < 1.29 is 4.79 Å². The second kappa shape index (κ2) is 2.26. The maximum absolute atomic E-state index is 11.3. The first kappa shape index (κ1) is 7.78. The normalized spacial score (nSPS) is 48.3. The van der Waals surface area contributed by atoms with E-state index in [0.717, 1.165) is 31.1 Å². The number of allylic oxidation sites excluding steroid dienone is 1. The molecule has 0 aliphatic heterocycles. The molecule has 3 fully saturated rings. The monoisotopic (exact) mass is 176 g/mol. The fourth-order valence-corrected chi connectivity index (χ4v) is 3.92. The average Bonchev–Trinajstić information content (AvgIpc) is 2.56. The Bertz CT molecular complexity index is 291. The zero-order chi connectivity index (χ0) is 9.05. The van der Waals surface area contributed by atoms with Crippen LogP contribution in [0.3, 0.4) is 0 Å². The molecule has 0 radical (unpaired) electrons. The van der Waals surface area contributed by atoms with Crippen LogP contribution in [-0.4, -0.2) is 5.78 Å². The van der Waals surface area contributed by atoms with Crippen LogP contribution >= 0.6 is 0 Å². The van der Waals surface area contributed by atoms with Crippen LogP contribution < -0.4 is 0 Å². The third kappa shape index (κ3) is 0.905. The molecule has 1 nitrogen and oxygen atoms in total. The minimum atomic E-state index is 0.508. The number of fused-ring (bicyclic) bond motifs is 1. The van der Waals surface area contributed by atoms with Gasteiger partial charge >= 0.3 is 0 Å². The van der Waals surface area contributed by atoms with Crippen LogP contribution in [0.2, 0.25) is 0 Å². The van der Waals surface area contributed by atoms with E-state index in [9.17, 15) is 4.79 Å². The molecule has 3 aliphatic carbocycles. The summed E-state index contributed by atoms with van der Waals surface area (Å²) < 4.78 is 0. The molecule has 3 rings (SSSR count). The summed E-state index contributed by atoms with van der Waals surface area (Å²) in [5.41, 5.74) is 2.01. The van der Waals surface area contributed by atoms with Crippen LogP contribution in [0, 0.1) is 17.3 Å². The molecule has 0 saturated heterocycles. The SMILES string of the molecule is C=C1C[C@]23CCC(=O)C[C@H]2C[C@H]1C3. The smallest absolute Gasteiger partial charge is 0.133 e. The molecule has 1 spiro atoms. The standard InChI is InChI=1S/C12H16O/c1-8-6-12-3-2-11(13)5-10(12)4-9(8)7-12/h9-10H,1-7H2/t9-,10+,12-/m0/s1. The number of hydrogen-bond acceptors (Lipinski definition) is 1. The van der Waals surface area contributed by atoms with Gasteiger partial charge in [0, 0.05) is 12.8 Å². The number of carbonyl (C=O) groups excluding carboxylic acids is 1. The van der Waals surface area contributed by atoms with Crippen LogP contribution in [0.4, 0.5) is 0 Å². The zero-order valence-corrected chi connectivity index (χ0v) is 8.01. The molecule has 70 valence electrons. The second-order valence-electron chi connectivity index (χ2n) is 5.27. The molecule has 1 heteroatoms. The van der Waals surface area contributed by atoms with Gasteiger partial charge in [-0.05, 0) is 42.9 Å². The molecular weight excluding hydrogens is 160 g/mol. The first-order chi connectivity index (χ1) is 6.20. The molecule has 3 saturated carbocycles. The quantitative estimate of drug-likeness (QED) is 0.519. The lowest BCUT2D eigenvalue weighted by molar-refractivity contribution is -0.124. The molecule has 0 aromatic carbocycles. The lowest BCUT2D eigenvalue weighted by Gasteiger charge is -2.38. The summed E-state index contributed by atoms with van der Waals surface area (Å²) in [4.78, 5) is 11.3. The van der Waals surface area contributed by atoms with Crippen LogP contribution in [-0.2, 0) is 4.79 Å². The lowest BCUT2D eigenvalue weighted by atomic mass is 9.65. The Morgan fingerprint density at radius 1 is 1.46 bits per heavy atom. The number of carbonyl (C=O) groups is 1. The molecule has 0 amide bonds. The van der Waals surface area contributed by atoms with E-state index in [1.165, 1.54) is 24.8 Å². The van der Waals surface area contributed by atoms with Gasteiger partial charge < -0.3 is 0 Å². The van der Waals surface area contributed by atoms with Crippen molar-refractivity contribution in [1.29, 1.82) is 0 Å². The Kier molecular flexibility index (Phi) is 1.35. The molecule has 2 bridgehead atoms. The van der Waals surface area contributed by atoms with Gasteiger partial charge in [-0.3, -0.25) is 4.79 Å². The topological polar surface area (TPSA) is 17.1 Å². The maximum Gasteiger partial charge on any atom is 0.133 e. The molecule has 13 heavy (non-hydrogen) atoms. The van der Waals surface area contributed by atoms with Crippen molar-refractivity contribution in [3.63, 3.8) is 0 Å². The fourth-order valence-electron chi connectivity index (χ4n) is 3.92. The molecule has 0 aromatic rings. The van der Waals surface area contributed by atoms with Gasteiger partial charge in [-0.15, -0.1) is 0 Å². The van der Waals surface area contributed by atoms with Gasteiger partial charge in [0.25, 0.3) is 0 Å². The van der Waals surface area contributed by atoms with Gasteiger partial charge in [0.15, 0.2) is 0 Å². The van der Waals surface area contributed by atoms with Gasteiger partial charge in [-0.1, -0.05) is 12.2 Å². The summed E-state index contributed by atoms with van der Waals surface area (Å²) in [6.45, 7) is 4.16. The Morgan fingerprint density at radius 2 is 2.31 bits per heavy atom. The summed E-state index contributed by atoms with van der Waals surface area (Å²) in [6, 6.07) is 0. The summed E-state index contributed by atoms with van der Waals surface area (Å²) in [6.07, 6.45) is 6.73. The van der Waals surface area contributed by atoms with Crippen molar-refractivity contribution in [1.82, 2.24) is 0 Å². The van der Waals surface area contributed by atoms with Crippen molar-refractivity contribution in [3.8, 4) is 0 Å². The lowest BCUT2D eigenvalue weighted by Crippen LogP contribution is -2.32. The highest BCUT2D eigenvalue weighted by Gasteiger charge is 2.55. The van der Waals surface area contributed by atoms with Crippen LogP contribution in [0.5, 0.6) is 0 Å². The predicted molar refractivity (Wildman–Crippen MR) is 51.3 cm³/mol. The van der Waals surface area contributed by atoms with Crippen LogP contribution in [0.25, 0.3) is 0 Å². The first-order valence-corrected chi connectivity index (χ1v) is 5.39. The van der Waals surface area contributed by atoms with Gasteiger partial charge in [-0.25, -0.2) is 0 Å². The van der Waals surface area contributed by atoms with Gasteiger partial charge in [0.2, 0.25) is 0 Å². The van der Waals surface area contributed by atoms with Gasteiger partial charge in [0.05, 0.1) is 0 Å². The van der Waals surface area contributed by atoms with E-state index in [0.29, 0.717) is 11.2 Å². The third-order valence-corrected chi connectivity index (χ3v) is 4.62. The van der Waals surface area contributed by atoms with E-state index in [1.807, 2.05) is 0 Å². The Morgan fingerprint density at radius 3 is 3.08 bits per heavy atom. The highest BCUT2D eigenvalue weighted by Crippen LogP contribution is 2.64. The molecule has 3 aliphatic rings. The van der Waals surface area contributed by atoms with E-state index in [2.05, 4.69) is 6.58 Å². The molecule has 3 atom stereocenters. The van der Waals surface area contributed by atoms with Crippen molar-refractivity contribution in [2.24, 2.45) is 17.3 Å². The predicted octanol–water partition coefficient (Wildman–Crippen LogP) is 2.71. The number of ketones is 1. The Hall–Kier alpha value is -0.590. The number of Topliss-reactive ketones (excluding diaryl/α,β-unsaturated/α-hetero) is 1. The minimum absolute atomic E-state index is 0.508. The van der Waals surface area contributed by atoms with Gasteiger partial charge in [0.1, 0.15) is 5.78 Å². The van der Waals surface area contributed by atoms with E-state index in [-0.39, 0.29) is 0 Å². The molecule has 0 unspecified atom stereocenters. The molecule has 0 aromatic heterocycles. The van der Waals surface area contributed by atoms with Crippen LogP contribution in [0.15, 0.2) is 12.2 Å². The van der Waals surface area contributed by atoms with Gasteiger partial charge in [-0.2, -0.15) is 0 Å². The van der Waals surface area contributed by atoms with E-state index in [1.54, 1.807) is 0 Å². The fraction of sp³-hybridized carbons (Fsp3) is 0.750. The van der Waals surface area contributed by atoms with E-state index < -0.39 is 0 Å². The minimum Gasteiger partial charge on any atom is -0.300 e. The van der Waals surface area contributed by atoms with Crippen molar-refractivity contribution in [3.05, 3.63) is 12.2 Å². The third-order valence-electron chi connectivity index (χ3n) is 4.62. The maximum atomic E-state index is 11.3. The number of hydrogen-bond donors (Lipinski definition) is 0. The highest BCUT2D eigenvalue weighted by molar-refractivity contribution is 5.80. The first-order valence-electron chi connectivity index (χ1n) is 5.39. The average molecular weight is 176 g/mol. The van der Waals surface area contributed by atoms with Crippen LogP contribution in [0.1, 0.15) is 38.5 Å². The zero-order valence-electron chi connectivity index (χ0n) is 8.01. The van der Waals surface area contributed by atoms with E-state index in [4.69, 9.17) is 0 Å². The Labute approximate surface area is 79.2 Å². The second-order valence-corrected chi connectivity index (χ2v) is 5.27. The van der Waals surface area contributed by atoms with E-state index >= 15 is 0 Å².